The Morgan fingerprint density at radius 1 is 1.00 bits per heavy atom. The highest BCUT2D eigenvalue weighted by Gasteiger charge is 2.28. The number of benzene rings is 1. The second-order valence-electron chi connectivity index (χ2n) is 7.30. The van der Waals surface area contributed by atoms with Crippen molar-refractivity contribution < 1.29 is 0 Å². The Labute approximate surface area is 153 Å². The molecule has 2 aliphatic rings. The minimum atomic E-state index is 0.452. The molecule has 5 rings (SSSR count). The predicted molar refractivity (Wildman–Crippen MR) is 101 cm³/mol. The minimum absolute atomic E-state index is 0.452. The van der Waals surface area contributed by atoms with Gasteiger partial charge in [-0.1, -0.05) is 30.3 Å². The van der Waals surface area contributed by atoms with Crippen molar-refractivity contribution in [2.75, 3.05) is 31.1 Å². The summed E-state index contributed by atoms with van der Waals surface area (Å²) in [6.07, 6.45) is 4.98. The van der Waals surface area contributed by atoms with Gasteiger partial charge in [0.15, 0.2) is 0 Å². The molecule has 0 radical (unpaired) electrons. The first-order chi connectivity index (χ1) is 12.8. The van der Waals surface area contributed by atoms with Gasteiger partial charge in [0.05, 0.1) is 5.69 Å². The largest absolute Gasteiger partial charge is 0.354 e. The first-order valence-corrected chi connectivity index (χ1v) is 9.56. The Morgan fingerprint density at radius 2 is 1.81 bits per heavy atom. The van der Waals surface area contributed by atoms with Crippen LogP contribution < -0.4 is 4.90 Å². The number of nitrogens with zero attached hydrogens (tertiary/aromatic N) is 6. The van der Waals surface area contributed by atoms with Gasteiger partial charge in [0.2, 0.25) is 0 Å². The maximum atomic E-state index is 4.71. The molecular weight excluding hydrogens is 324 g/mol. The smallest absolute Gasteiger partial charge is 0.254 e. The number of aromatic nitrogens is 4. The van der Waals surface area contributed by atoms with Crippen molar-refractivity contribution in [3.8, 4) is 0 Å². The fraction of sp³-hybridized carbons (Fsp3) is 0.450. The molecule has 1 fully saturated rings. The first kappa shape index (κ1) is 15.8. The summed E-state index contributed by atoms with van der Waals surface area (Å²) in [6.45, 7) is 6.46. The van der Waals surface area contributed by atoms with Crippen molar-refractivity contribution in [1.82, 2.24) is 24.5 Å². The highest BCUT2D eigenvalue weighted by atomic mass is 15.4. The van der Waals surface area contributed by atoms with Crippen LogP contribution in [0.3, 0.4) is 0 Å². The van der Waals surface area contributed by atoms with Crippen molar-refractivity contribution in [2.45, 2.75) is 32.2 Å². The number of hydrogen-bond acceptors (Lipinski definition) is 5. The molecule has 134 valence electrons. The molecule has 3 heterocycles. The highest BCUT2D eigenvalue weighted by Crippen LogP contribution is 2.32. The molecule has 1 aromatic carbocycles. The van der Waals surface area contributed by atoms with Gasteiger partial charge in [0.1, 0.15) is 12.1 Å². The average molecular weight is 348 g/mol. The standard InChI is InChI=1S/C20H24N6/c1-15(16-6-3-2-4-7-16)24-10-12-25(13-11-24)19-17-8-5-9-18(17)23-20-21-14-22-26(19)20/h2-4,6-7,14-15H,5,8-13H2,1H3/t15-/m1/s1. The third kappa shape index (κ3) is 2.56. The Hall–Kier alpha value is -2.47. The quantitative estimate of drug-likeness (QED) is 0.728. The summed E-state index contributed by atoms with van der Waals surface area (Å²) in [7, 11) is 0. The van der Waals surface area contributed by atoms with Gasteiger partial charge in [-0.3, -0.25) is 4.90 Å². The van der Waals surface area contributed by atoms with Gasteiger partial charge >= 0.3 is 0 Å². The molecule has 1 saturated heterocycles. The Kier molecular flexibility index (Phi) is 3.85. The van der Waals surface area contributed by atoms with E-state index in [1.807, 2.05) is 4.52 Å². The number of fused-ring (bicyclic) bond motifs is 2. The monoisotopic (exact) mass is 348 g/mol. The van der Waals surface area contributed by atoms with Gasteiger partial charge in [0.25, 0.3) is 5.78 Å². The zero-order valence-electron chi connectivity index (χ0n) is 15.2. The minimum Gasteiger partial charge on any atom is -0.354 e. The van der Waals surface area contributed by atoms with Crippen LogP contribution in [0.1, 0.15) is 36.2 Å². The van der Waals surface area contributed by atoms with E-state index in [1.165, 1.54) is 29.1 Å². The summed E-state index contributed by atoms with van der Waals surface area (Å²) >= 11 is 0. The second-order valence-corrected chi connectivity index (χ2v) is 7.30. The summed E-state index contributed by atoms with van der Waals surface area (Å²) in [5.74, 6) is 1.97. The van der Waals surface area contributed by atoms with E-state index >= 15 is 0 Å². The molecule has 3 aromatic rings. The van der Waals surface area contributed by atoms with Crippen LogP contribution >= 0.6 is 0 Å². The lowest BCUT2D eigenvalue weighted by molar-refractivity contribution is 0.198. The number of rotatable bonds is 3. The third-order valence-electron chi connectivity index (χ3n) is 5.87. The SMILES string of the molecule is C[C@H](c1ccccc1)N1CCN(c2c3c(nc4ncnn24)CCC3)CC1. The number of aryl methyl sites for hydroxylation is 1. The summed E-state index contributed by atoms with van der Waals surface area (Å²) in [6, 6.07) is 11.2. The Balaban J connectivity index is 1.39. The van der Waals surface area contributed by atoms with Gasteiger partial charge in [-0.2, -0.15) is 14.6 Å². The lowest BCUT2D eigenvalue weighted by Gasteiger charge is -2.39. The normalized spacial score (nSPS) is 19.0. The second kappa shape index (κ2) is 6.36. The van der Waals surface area contributed by atoms with Crippen LogP contribution in [0.4, 0.5) is 5.82 Å². The topological polar surface area (TPSA) is 49.6 Å². The number of anilines is 1. The van der Waals surface area contributed by atoms with Crippen LogP contribution in [0.2, 0.25) is 0 Å². The van der Waals surface area contributed by atoms with Crippen molar-refractivity contribution in [3.05, 3.63) is 53.5 Å². The summed E-state index contributed by atoms with van der Waals surface area (Å²) in [4.78, 5) is 14.1. The van der Waals surface area contributed by atoms with E-state index in [1.54, 1.807) is 6.33 Å². The maximum Gasteiger partial charge on any atom is 0.254 e. The average Bonchev–Trinajstić information content (AvgIpc) is 3.35. The molecule has 0 bridgehead atoms. The predicted octanol–water partition coefficient (Wildman–Crippen LogP) is 2.50. The lowest BCUT2D eigenvalue weighted by Crippen LogP contribution is -2.48. The van der Waals surface area contributed by atoms with Crippen molar-refractivity contribution in [2.24, 2.45) is 0 Å². The number of piperazine rings is 1. The molecule has 6 nitrogen and oxygen atoms in total. The van der Waals surface area contributed by atoms with Crippen LogP contribution in [0.5, 0.6) is 0 Å². The van der Waals surface area contributed by atoms with Crippen LogP contribution in [0, 0.1) is 0 Å². The van der Waals surface area contributed by atoms with Gasteiger partial charge < -0.3 is 4.90 Å². The van der Waals surface area contributed by atoms with E-state index in [0.29, 0.717) is 6.04 Å². The van der Waals surface area contributed by atoms with Gasteiger partial charge in [0, 0.05) is 37.8 Å². The molecule has 1 aliphatic carbocycles. The molecular formula is C20H24N6. The van der Waals surface area contributed by atoms with Crippen LogP contribution in [0.15, 0.2) is 36.7 Å². The lowest BCUT2D eigenvalue weighted by atomic mass is 10.1. The molecule has 0 unspecified atom stereocenters. The first-order valence-electron chi connectivity index (χ1n) is 9.56. The molecule has 2 aromatic heterocycles. The summed E-state index contributed by atoms with van der Waals surface area (Å²) in [5.41, 5.74) is 4.00. The van der Waals surface area contributed by atoms with E-state index in [-0.39, 0.29) is 0 Å². The van der Waals surface area contributed by atoms with Crippen LogP contribution in [-0.4, -0.2) is 50.7 Å². The van der Waals surface area contributed by atoms with Crippen molar-refractivity contribution in [1.29, 1.82) is 0 Å². The van der Waals surface area contributed by atoms with E-state index in [0.717, 1.165) is 44.8 Å². The zero-order valence-corrected chi connectivity index (χ0v) is 15.2. The van der Waals surface area contributed by atoms with Crippen LogP contribution in [0.25, 0.3) is 5.78 Å². The Morgan fingerprint density at radius 3 is 2.62 bits per heavy atom. The number of hydrogen-bond donors (Lipinski definition) is 0. The molecule has 0 saturated carbocycles. The molecule has 1 aliphatic heterocycles. The Bertz CT molecular complexity index is 911. The molecule has 0 spiro atoms. The molecule has 0 N–H and O–H groups in total. The van der Waals surface area contributed by atoms with Gasteiger partial charge in [-0.15, -0.1) is 0 Å². The zero-order chi connectivity index (χ0) is 17.5. The van der Waals surface area contributed by atoms with Gasteiger partial charge in [-0.05, 0) is 31.7 Å². The molecule has 6 heteroatoms. The fourth-order valence-corrected chi connectivity index (χ4v) is 4.39. The summed E-state index contributed by atoms with van der Waals surface area (Å²) < 4.78 is 1.94. The van der Waals surface area contributed by atoms with E-state index in [4.69, 9.17) is 4.98 Å². The van der Waals surface area contributed by atoms with E-state index < -0.39 is 0 Å². The highest BCUT2D eigenvalue weighted by molar-refractivity contribution is 5.56. The van der Waals surface area contributed by atoms with Crippen LogP contribution in [-0.2, 0) is 12.8 Å². The summed E-state index contributed by atoms with van der Waals surface area (Å²) in [5, 5.41) is 4.46. The van der Waals surface area contributed by atoms with Gasteiger partial charge in [-0.25, -0.2) is 4.98 Å². The molecule has 26 heavy (non-hydrogen) atoms. The maximum absolute atomic E-state index is 4.71. The molecule has 0 amide bonds. The fourth-order valence-electron chi connectivity index (χ4n) is 4.39. The van der Waals surface area contributed by atoms with Crippen molar-refractivity contribution >= 4 is 11.6 Å². The third-order valence-corrected chi connectivity index (χ3v) is 5.87. The van der Waals surface area contributed by atoms with E-state index in [2.05, 4.69) is 57.1 Å². The molecule has 1 atom stereocenters. The van der Waals surface area contributed by atoms with E-state index in [9.17, 15) is 0 Å². The van der Waals surface area contributed by atoms with Crippen molar-refractivity contribution in [3.63, 3.8) is 0 Å².